The van der Waals surface area contributed by atoms with Crippen LogP contribution in [0.25, 0.3) is 0 Å². The minimum atomic E-state index is -3.00. The van der Waals surface area contributed by atoms with Crippen LogP contribution < -0.4 is 5.32 Å². The van der Waals surface area contributed by atoms with Crippen molar-refractivity contribution in [1.29, 1.82) is 0 Å². The molecular weight excluding hydrogens is 294 g/mol. The molecule has 0 atom stereocenters. The van der Waals surface area contributed by atoms with E-state index in [-0.39, 0.29) is 11.3 Å². The number of alkyl halides is 2. The normalized spacial score (nSPS) is 17.0. The van der Waals surface area contributed by atoms with Gasteiger partial charge < -0.3 is 10.5 Å². The molecule has 2 rings (SSSR count). The Morgan fingerprint density at radius 3 is 2.50 bits per heavy atom. The Kier molecular flexibility index (Phi) is 4.00. The Hall–Kier alpha value is -2.31. The maximum absolute atomic E-state index is 14.4. The fourth-order valence-electron chi connectivity index (χ4n) is 2.11. The number of hydrogen-bond donors (Lipinski definition) is 2. The van der Waals surface area contributed by atoms with Gasteiger partial charge >= 0.3 is 0 Å². The third kappa shape index (κ3) is 2.84. The van der Waals surface area contributed by atoms with E-state index < -0.39 is 28.7 Å². The molecule has 1 aromatic carbocycles. The highest BCUT2D eigenvalue weighted by atomic mass is 19.3. The average molecular weight is 310 g/mol. The van der Waals surface area contributed by atoms with Crippen molar-refractivity contribution in [3.63, 3.8) is 0 Å². The summed E-state index contributed by atoms with van der Waals surface area (Å²) < 4.78 is 28.7. The summed E-state index contributed by atoms with van der Waals surface area (Å²) in [6.45, 7) is 2.58. The van der Waals surface area contributed by atoms with Gasteiger partial charge in [-0.3, -0.25) is 9.59 Å². The molecule has 0 radical (unpaired) electrons. The molecule has 1 saturated carbocycles. The molecule has 0 spiro atoms. The van der Waals surface area contributed by atoms with Crippen LogP contribution in [0.1, 0.15) is 32.3 Å². The van der Waals surface area contributed by atoms with Crippen LogP contribution in [0, 0.1) is 5.41 Å². The van der Waals surface area contributed by atoms with Crippen molar-refractivity contribution in [3.05, 3.63) is 29.8 Å². The van der Waals surface area contributed by atoms with E-state index in [1.165, 1.54) is 25.1 Å². The molecule has 7 heteroatoms. The molecule has 118 valence electrons. The smallest absolute Gasteiger partial charge is 0.281 e. The lowest BCUT2D eigenvalue weighted by Gasteiger charge is -2.24. The summed E-state index contributed by atoms with van der Waals surface area (Å²) >= 11 is 0. The molecule has 1 fully saturated rings. The molecule has 0 heterocycles. The molecule has 1 aromatic rings. The Labute approximate surface area is 126 Å². The van der Waals surface area contributed by atoms with E-state index in [2.05, 4.69) is 10.5 Å². The topological polar surface area (TPSA) is 78.8 Å². The number of oxime groups is 1. The van der Waals surface area contributed by atoms with Gasteiger partial charge in [-0.2, -0.15) is 0 Å². The van der Waals surface area contributed by atoms with E-state index in [1.54, 1.807) is 0 Å². The highest BCUT2D eigenvalue weighted by Gasteiger charge is 2.59. The number of rotatable bonds is 5. The summed E-state index contributed by atoms with van der Waals surface area (Å²) in [5.41, 5.74) is -1.83. The molecule has 1 aliphatic rings. The van der Waals surface area contributed by atoms with Crippen LogP contribution in [-0.2, 0) is 15.5 Å². The predicted molar refractivity (Wildman–Crippen MR) is 76.2 cm³/mol. The molecule has 22 heavy (non-hydrogen) atoms. The van der Waals surface area contributed by atoms with Gasteiger partial charge in [-0.1, -0.05) is 24.2 Å². The first-order chi connectivity index (χ1) is 10.2. The Morgan fingerprint density at radius 2 is 2.00 bits per heavy atom. The van der Waals surface area contributed by atoms with Gasteiger partial charge in [-0.25, -0.2) is 8.78 Å². The number of benzene rings is 1. The monoisotopic (exact) mass is 310 g/mol. The number of Topliss-reactive ketones (excluding diaryl/α,β-unsaturated/α-hetero) is 1. The van der Waals surface area contributed by atoms with Gasteiger partial charge in [-0.15, -0.1) is 0 Å². The van der Waals surface area contributed by atoms with Crippen molar-refractivity contribution in [1.82, 2.24) is 0 Å². The fourth-order valence-corrected chi connectivity index (χ4v) is 2.11. The van der Waals surface area contributed by atoms with Crippen molar-refractivity contribution < 1.29 is 23.6 Å². The summed E-state index contributed by atoms with van der Waals surface area (Å²) in [4.78, 5) is 22.8. The number of hydrogen-bond acceptors (Lipinski definition) is 4. The Morgan fingerprint density at radius 1 is 1.36 bits per heavy atom. The molecule has 1 amide bonds. The van der Waals surface area contributed by atoms with E-state index in [4.69, 9.17) is 5.21 Å². The van der Waals surface area contributed by atoms with Gasteiger partial charge in [0.2, 0.25) is 5.71 Å². The lowest BCUT2D eigenvalue weighted by atomic mass is 9.93. The lowest BCUT2D eigenvalue weighted by molar-refractivity contribution is -0.114. The third-order valence-corrected chi connectivity index (χ3v) is 3.89. The second-order valence-electron chi connectivity index (χ2n) is 5.67. The minimum Gasteiger partial charge on any atom is -0.410 e. The third-order valence-electron chi connectivity index (χ3n) is 3.89. The van der Waals surface area contributed by atoms with Gasteiger partial charge in [0.25, 0.3) is 11.8 Å². The first-order valence-electron chi connectivity index (χ1n) is 6.74. The van der Waals surface area contributed by atoms with Crippen LogP contribution >= 0.6 is 0 Å². The fraction of sp³-hybridized carbons (Fsp3) is 0.400. The van der Waals surface area contributed by atoms with Crippen LogP contribution in [0.2, 0.25) is 0 Å². The Bertz CT molecular complexity index is 652. The first-order valence-corrected chi connectivity index (χ1v) is 6.74. The largest absolute Gasteiger partial charge is 0.410 e. The molecular formula is C15H16F2N2O3. The molecule has 0 bridgehead atoms. The van der Waals surface area contributed by atoms with Crippen LogP contribution in [0.3, 0.4) is 0 Å². The van der Waals surface area contributed by atoms with Crippen LogP contribution in [0.5, 0.6) is 0 Å². The van der Waals surface area contributed by atoms with E-state index in [1.807, 2.05) is 0 Å². The van der Waals surface area contributed by atoms with Gasteiger partial charge in [-0.05, 0) is 25.0 Å². The van der Waals surface area contributed by atoms with Crippen LogP contribution in [0.4, 0.5) is 14.5 Å². The zero-order chi connectivity index (χ0) is 16.5. The highest BCUT2D eigenvalue weighted by Crippen LogP contribution is 2.61. The summed E-state index contributed by atoms with van der Waals surface area (Å²) in [6.07, 6.45) is 0.893. The van der Waals surface area contributed by atoms with E-state index in [9.17, 15) is 18.4 Å². The number of amides is 1. The molecule has 5 nitrogen and oxygen atoms in total. The zero-order valence-electron chi connectivity index (χ0n) is 12.2. The summed E-state index contributed by atoms with van der Waals surface area (Å²) in [5.74, 6) is -4.68. The van der Waals surface area contributed by atoms with Crippen molar-refractivity contribution in [2.24, 2.45) is 10.6 Å². The highest BCUT2D eigenvalue weighted by molar-refractivity contribution is 6.67. The maximum Gasteiger partial charge on any atom is 0.281 e. The summed E-state index contributed by atoms with van der Waals surface area (Å²) in [6, 6.07) is 5.28. The predicted octanol–water partition coefficient (Wildman–Crippen LogP) is 2.94. The molecule has 2 N–H and O–H groups in total. The van der Waals surface area contributed by atoms with Gasteiger partial charge in [0.1, 0.15) is 0 Å². The average Bonchev–Trinajstić information content (AvgIpc) is 3.19. The number of halogens is 2. The second kappa shape index (κ2) is 5.47. The maximum atomic E-state index is 14.4. The van der Waals surface area contributed by atoms with Crippen molar-refractivity contribution in [2.45, 2.75) is 32.6 Å². The van der Waals surface area contributed by atoms with Crippen molar-refractivity contribution in [3.8, 4) is 0 Å². The minimum absolute atomic E-state index is 0.105. The standard InChI is InChI=1S/C15H16F2N2O3/c1-9(20)12(19-22)13(21)18-11-5-3-4-10(8-11)15(16,17)14(2)6-7-14/h3-5,8,22H,6-7H2,1-2H3,(H,18,21)/b19-12+. The Balaban J connectivity index is 2.23. The van der Waals surface area contributed by atoms with E-state index in [0.29, 0.717) is 12.8 Å². The number of nitrogens with one attached hydrogen (secondary N) is 1. The molecule has 0 unspecified atom stereocenters. The number of carbonyl (C=O) groups is 2. The van der Waals surface area contributed by atoms with Crippen molar-refractivity contribution >= 4 is 23.1 Å². The van der Waals surface area contributed by atoms with Crippen LogP contribution in [-0.4, -0.2) is 22.6 Å². The number of carbonyl (C=O) groups excluding carboxylic acids is 2. The van der Waals surface area contributed by atoms with E-state index in [0.717, 1.165) is 13.0 Å². The van der Waals surface area contributed by atoms with Gasteiger partial charge in [0.05, 0.1) is 0 Å². The van der Waals surface area contributed by atoms with Gasteiger partial charge in [0.15, 0.2) is 5.78 Å². The van der Waals surface area contributed by atoms with Gasteiger partial charge in [0, 0.05) is 23.6 Å². The molecule has 1 aliphatic carbocycles. The molecule has 0 saturated heterocycles. The van der Waals surface area contributed by atoms with Crippen molar-refractivity contribution in [2.75, 3.05) is 5.32 Å². The number of nitrogens with zero attached hydrogens (tertiary/aromatic N) is 1. The van der Waals surface area contributed by atoms with E-state index >= 15 is 0 Å². The number of anilines is 1. The second-order valence-corrected chi connectivity index (χ2v) is 5.67. The zero-order valence-corrected chi connectivity index (χ0v) is 12.2. The summed E-state index contributed by atoms with van der Waals surface area (Å²) in [7, 11) is 0. The summed E-state index contributed by atoms with van der Waals surface area (Å²) in [5, 5.41) is 13.5. The lowest BCUT2D eigenvalue weighted by Crippen LogP contribution is -2.29. The SMILES string of the molecule is CC(=O)/C(=N\O)C(=O)Nc1cccc(C(F)(F)C2(C)CC2)c1. The molecule has 0 aromatic heterocycles. The molecule has 0 aliphatic heterocycles. The number of ketones is 1. The quantitative estimate of drug-likeness (QED) is 0.380. The first kappa shape index (κ1) is 16.1. The van der Waals surface area contributed by atoms with Crippen LogP contribution in [0.15, 0.2) is 29.4 Å².